The van der Waals surface area contributed by atoms with Crippen molar-refractivity contribution in [1.29, 1.82) is 0 Å². The normalized spacial score (nSPS) is 11.2. The molecule has 0 spiro atoms. The molecule has 0 fully saturated rings. The first-order valence-corrected chi connectivity index (χ1v) is 14.4. The van der Waals surface area contributed by atoms with E-state index < -0.39 is 5.97 Å². The molecule has 4 aromatic carbocycles. The molecule has 0 aliphatic carbocycles. The molecule has 0 aromatic heterocycles. The van der Waals surface area contributed by atoms with E-state index >= 15 is 0 Å². The topological polar surface area (TPSA) is 47.9 Å². The summed E-state index contributed by atoms with van der Waals surface area (Å²) in [4.78, 5) is 18.0. The third kappa shape index (κ3) is 8.72. The molecule has 0 saturated heterocycles. The number of ether oxygens (including phenoxy) is 2. The van der Waals surface area contributed by atoms with Crippen molar-refractivity contribution in [3.8, 4) is 11.5 Å². The molecule has 4 aromatic rings. The zero-order valence-electron chi connectivity index (χ0n) is 22.6. The molecule has 0 heterocycles. The highest BCUT2D eigenvalue weighted by Gasteiger charge is 2.09. The number of hydrogen-bond acceptors (Lipinski definition) is 5. The number of fused-ring (bicyclic) bond motifs is 1. The quantitative estimate of drug-likeness (QED) is 0.0570. The molecule has 4 rings (SSSR count). The van der Waals surface area contributed by atoms with Crippen molar-refractivity contribution in [2.45, 2.75) is 63.2 Å². The molecule has 0 amide bonds. The molecule has 0 unspecified atom stereocenters. The van der Waals surface area contributed by atoms with Gasteiger partial charge in [-0.2, -0.15) is 0 Å². The van der Waals surface area contributed by atoms with Gasteiger partial charge in [-0.05, 0) is 77.4 Å². The van der Waals surface area contributed by atoms with E-state index in [1.165, 1.54) is 44.9 Å². The average Bonchev–Trinajstić information content (AvgIpc) is 2.97. The lowest BCUT2D eigenvalue weighted by Crippen LogP contribution is -2.08. The van der Waals surface area contributed by atoms with Gasteiger partial charge in [0.15, 0.2) is 0 Å². The van der Waals surface area contributed by atoms with Crippen LogP contribution in [0.3, 0.4) is 0 Å². The van der Waals surface area contributed by atoms with Crippen LogP contribution in [0.2, 0.25) is 0 Å². The number of nitrogens with zero attached hydrogens (tertiary/aromatic N) is 1. The molecule has 0 atom stereocenters. The Morgan fingerprint density at radius 1 is 0.769 bits per heavy atom. The van der Waals surface area contributed by atoms with Crippen LogP contribution in [0.1, 0.15) is 74.2 Å². The number of rotatable bonds is 14. The maximum atomic E-state index is 12.6. The first-order chi connectivity index (χ1) is 19.1. The summed E-state index contributed by atoms with van der Waals surface area (Å²) in [6.07, 6.45) is 11.9. The number of unbranched alkanes of at least 4 members (excludes halogenated alkanes) is 7. The van der Waals surface area contributed by atoms with Gasteiger partial charge in [-0.3, -0.25) is 4.99 Å². The Kier molecular flexibility index (Phi) is 11.0. The number of benzene rings is 4. The Bertz CT molecular complexity index is 1360. The fraction of sp³-hybridized carbons (Fsp3) is 0.294. The predicted octanol–water partition coefficient (Wildman–Crippen LogP) is 9.62. The molecule has 5 heteroatoms. The van der Waals surface area contributed by atoms with Gasteiger partial charge in [0.05, 0.1) is 17.9 Å². The molecule has 202 valence electrons. The van der Waals surface area contributed by atoms with Crippen LogP contribution in [0.15, 0.2) is 94.8 Å². The predicted molar refractivity (Wildman–Crippen MR) is 164 cm³/mol. The van der Waals surface area contributed by atoms with E-state index in [0.29, 0.717) is 17.9 Å². The Hall–Kier alpha value is -3.57. The van der Waals surface area contributed by atoms with E-state index in [-0.39, 0.29) is 0 Å². The van der Waals surface area contributed by atoms with E-state index in [1.807, 2.05) is 54.6 Å². The zero-order chi connectivity index (χ0) is 27.3. The lowest BCUT2D eigenvalue weighted by Gasteiger charge is -2.08. The van der Waals surface area contributed by atoms with E-state index in [1.54, 1.807) is 30.5 Å². The van der Waals surface area contributed by atoms with Crippen LogP contribution in [0.25, 0.3) is 10.8 Å². The van der Waals surface area contributed by atoms with Crippen LogP contribution in [-0.4, -0.2) is 18.8 Å². The molecule has 0 aliphatic heterocycles. The standard InChI is InChI=1S/C34H37NO3S/c1-2-3-4-5-6-7-8-11-24-37-29-21-16-28(17-22-29)34(36)38-30-19-14-26(15-20-30)25-35-32-23-18-27-12-9-10-13-31(27)33(32)39/h9-10,12-23,25,39H,2-8,11,24H2,1H3. The summed E-state index contributed by atoms with van der Waals surface area (Å²) >= 11 is 4.67. The minimum atomic E-state index is -0.401. The zero-order valence-corrected chi connectivity index (χ0v) is 23.5. The van der Waals surface area contributed by atoms with Crippen LogP contribution in [0, 0.1) is 0 Å². The second-order valence-electron chi connectivity index (χ2n) is 9.72. The first-order valence-electron chi connectivity index (χ1n) is 13.9. The Labute approximate surface area is 237 Å². The monoisotopic (exact) mass is 539 g/mol. The molecule has 0 N–H and O–H groups in total. The summed E-state index contributed by atoms with van der Waals surface area (Å²) in [6, 6.07) is 26.5. The molecular formula is C34H37NO3S. The highest BCUT2D eigenvalue weighted by molar-refractivity contribution is 7.80. The van der Waals surface area contributed by atoms with Gasteiger partial charge in [0.2, 0.25) is 0 Å². The molecule has 0 aliphatic rings. The summed E-state index contributed by atoms with van der Waals surface area (Å²) in [5, 5.41) is 2.20. The van der Waals surface area contributed by atoms with Crippen LogP contribution in [-0.2, 0) is 0 Å². The fourth-order valence-corrected chi connectivity index (χ4v) is 4.73. The molecule has 0 radical (unpaired) electrons. The molecule has 0 bridgehead atoms. The molecule has 0 saturated carbocycles. The summed E-state index contributed by atoms with van der Waals surface area (Å²) in [5.41, 5.74) is 2.18. The second-order valence-corrected chi connectivity index (χ2v) is 10.2. The van der Waals surface area contributed by atoms with Gasteiger partial charge >= 0.3 is 5.97 Å². The van der Waals surface area contributed by atoms with Crippen molar-refractivity contribution < 1.29 is 14.3 Å². The van der Waals surface area contributed by atoms with Gasteiger partial charge in [-0.25, -0.2) is 4.79 Å². The second kappa shape index (κ2) is 15.1. The fourth-order valence-electron chi connectivity index (χ4n) is 4.39. The van der Waals surface area contributed by atoms with Gasteiger partial charge in [-0.15, -0.1) is 12.6 Å². The smallest absolute Gasteiger partial charge is 0.343 e. The van der Waals surface area contributed by atoms with E-state index in [2.05, 4.69) is 30.6 Å². The van der Waals surface area contributed by atoms with Crippen molar-refractivity contribution in [3.05, 3.63) is 96.1 Å². The van der Waals surface area contributed by atoms with Crippen molar-refractivity contribution in [2.75, 3.05) is 6.61 Å². The molecule has 4 nitrogen and oxygen atoms in total. The molecular weight excluding hydrogens is 502 g/mol. The van der Waals surface area contributed by atoms with Crippen molar-refractivity contribution in [2.24, 2.45) is 4.99 Å². The van der Waals surface area contributed by atoms with Gasteiger partial charge in [0.25, 0.3) is 0 Å². The van der Waals surface area contributed by atoms with E-state index in [0.717, 1.165) is 39.1 Å². The van der Waals surface area contributed by atoms with Crippen LogP contribution >= 0.6 is 12.6 Å². The summed E-state index contributed by atoms with van der Waals surface area (Å²) in [6.45, 7) is 2.94. The highest BCUT2D eigenvalue weighted by Crippen LogP contribution is 2.31. The van der Waals surface area contributed by atoms with Crippen molar-refractivity contribution in [1.82, 2.24) is 0 Å². The largest absolute Gasteiger partial charge is 0.494 e. The number of carbonyl (C=O) groups excluding carboxylic acids is 1. The average molecular weight is 540 g/mol. The third-order valence-corrected chi connectivity index (χ3v) is 7.15. The van der Waals surface area contributed by atoms with Crippen molar-refractivity contribution in [3.63, 3.8) is 0 Å². The Morgan fingerprint density at radius 2 is 1.44 bits per heavy atom. The lowest BCUT2D eigenvalue weighted by molar-refractivity contribution is 0.0734. The number of carbonyl (C=O) groups is 1. The van der Waals surface area contributed by atoms with Crippen molar-refractivity contribution >= 4 is 41.3 Å². The summed E-state index contributed by atoms with van der Waals surface area (Å²) < 4.78 is 11.4. The number of esters is 1. The summed E-state index contributed by atoms with van der Waals surface area (Å²) in [5.74, 6) is 0.851. The van der Waals surface area contributed by atoms with Gasteiger partial charge in [-0.1, -0.05) is 82.2 Å². The van der Waals surface area contributed by atoms with Crippen LogP contribution < -0.4 is 9.47 Å². The van der Waals surface area contributed by atoms with E-state index in [4.69, 9.17) is 9.47 Å². The molecule has 39 heavy (non-hydrogen) atoms. The maximum Gasteiger partial charge on any atom is 0.343 e. The summed E-state index contributed by atoms with van der Waals surface area (Å²) in [7, 11) is 0. The number of hydrogen-bond donors (Lipinski definition) is 1. The Balaban J connectivity index is 1.22. The van der Waals surface area contributed by atoms with Gasteiger partial charge < -0.3 is 9.47 Å². The number of aliphatic imine (C=N–C) groups is 1. The van der Waals surface area contributed by atoms with E-state index in [9.17, 15) is 4.79 Å². The minimum absolute atomic E-state index is 0.401. The highest BCUT2D eigenvalue weighted by atomic mass is 32.1. The maximum absolute atomic E-state index is 12.6. The minimum Gasteiger partial charge on any atom is -0.494 e. The lowest BCUT2D eigenvalue weighted by atomic mass is 10.1. The first kappa shape index (κ1) is 28.4. The van der Waals surface area contributed by atoms with Crippen LogP contribution in [0.5, 0.6) is 11.5 Å². The van der Waals surface area contributed by atoms with Gasteiger partial charge in [0.1, 0.15) is 11.5 Å². The Morgan fingerprint density at radius 3 is 2.18 bits per heavy atom. The SMILES string of the molecule is CCCCCCCCCCOc1ccc(C(=O)Oc2ccc(C=Nc3ccc4ccccc4c3S)cc2)cc1. The third-order valence-electron chi connectivity index (χ3n) is 6.68. The van der Waals surface area contributed by atoms with Gasteiger partial charge in [0, 0.05) is 11.1 Å². The number of thiol groups is 1. The van der Waals surface area contributed by atoms with Crippen LogP contribution in [0.4, 0.5) is 5.69 Å².